The highest BCUT2D eigenvalue weighted by molar-refractivity contribution is 7.92. The molecule has 0 aliphatic heterocycles. The van der Waals surface area contributed by atoms with Crippen molar-refractivity contribution >= 4 is 27.2 Å². The quantitative estimate of drug-likeness (QED) is 0.580. The summed E-state index contributed by atoms with van der Waals surface area (Å²) in [6, 6.07) is 20.5. The monoisotopic (exact) mass is 394 g/mol. The summed E-state index contributed by atoms with van der Waals surface area (Å²) in [5.41, 5.74) is 2.74. The first-order valence-corrected chi connectivity index (χ1v) is 10.5. The van der Waals surface area contributed by atoms with Crippen LogP contribution in [-0.2, 0) is 10.0 Å². The van der Waals surface area contributed by atoms with E-state index in [1.165, 1.54) is 0 Å². The van der Waals surface area contributed by atoms with Crippen molar-refractivity contribution in [2.24, 2.45) is 0 Å². The van der Waals surface area contributed by atoms with Gasteiger partial charge in [0, 0.05) is 17.7 Å². The molecule has 0 amide bonds. The molecule has 0 aliphatic carbocycles. The third-order valence-corrected chi connectivity index (χ3v) is 5.66. The third-order valence-electron chi connectivity index (χ3n) is 4.27. The minimum absolute atomic E-state index is 0.167. The van der Waals surface area contributed by atoms with Gasteiger partial charge >= 0.3 is 0 Å². The van der Waals surface area contributed by atoms with Crippen LogP contribution in [0.2, 0.25) is 0 Å². The number of aryl methyl sites for hydroxylation is 1. The predicted molar refractivity (Wildman–Crippen MR) is 112 cm³/mol. The van der Waals surface area contributed by atoms with Gasteiger partial charge in [-0.1, -0.05) is 54.1 Å². The zero-order valence-corrected chi connectivity index (χ0v) is 16.6. The number of ketones is 1. The summed E-state index contributed by atoms with van der Waals surface area (Å²) in [4.78, 5) is 13.1. The fraction of sp³-hybridized carbons (Fsp3) is 0.136. The Bertz CT molecular complexity index is 1080. The van der Waals surface area contributed by atoms with E-state index in [-0.39, 0.29) is 10.7 Å². The number of anilines is 2. The summed E-state index contributed by atoms with van der Waals surface area (Å²) < 4.78 is 28.2. The van der Waals surface area contributed by atoms with E-state index in [0.717, 1.165) is 5.56 Å². The van der Waals surface area contributed by atoms with Crippen LogP contribution in [0.15, 0.2) is 77.7 Å². The van der Waals surface area contributed by atoms with E-state index in [0.29, 0.717) is 29.0 Å². The summed E-state index contributed by atoms with van der Waals surface area (Å²) in [5.74, 6) is -0.173. The van der Waals surface area contributed by atoms with E-state index in [1.54, 1.807) is 66.7 Å². The molecule has 3 aromatic carbocycles. The maximum Gasteiger partial charge on any atom is 0.261 e. The van der Waals surface area contributed by atoms with Gasteiger partial charge in [0.15, 0.2) is 5.78 Å². The number of rotatable bonds is 7. The smallest absolute Gasteiger partial charge is 0.261 e. The Morgan fingerprint density at radius 2 is 1.57 bits per heavy atom. The summed E-state index contributed by atoms with van der Waals surface area (Å²) in [7, 11) is -3.78. The molecule has 0 saturated carbocycles. The Morgan fingerprint density at radius 1 is 0.893 bits per heavy atom. The van der Waals surface area contributed by atoms with Crippen molar-refractivity contribution in [3.05, 3.63) is 89.5 Å². The number of para-hydroxylation sites is 1. The third kappa shape index (κ3) is 4.23. The molecule has 0 aromatic heterocycles. The molecular formula is C22H22N2O3S. The molecule has 2 N–H and O–H groups in total. The molecule has 0 unspecified atom stereocenters. The fourth-order valence-electron chi connectivity index (χ4n) is 2.86. The Kier molecular flexibility index (Phi) is 5.80. The second kappa shape index (κ2) is 8.27. The van der Waals surface area contributed by atoms with Crippen molar-refractivity contribution in [2.75, 3.05) is 16.6 Å². The lowest BCUT2D eigenvalue weighted by Crippen LogP contribution is -2.16. The zero-order chi connectivity index (χ0) is 20.1. The van der Waals surface area contributed by atoms with E-state index in [1.807, 2.05) is 19.9 Å². The van der Waals surface area contributed by atoms with Gasteiger partial charge in [0.25, 0.3) is 10.0 Å². The maximum atomic E-state index is 13.0. The minimum atomic E-state index is -3.78. The molecule has 0 saturated heterocycles. The van der Waals surface area contributed by atoms with Gasteiger partial charge in [-0.2, -0.15) is 0 Å². The predicted octanol–water partition coefficient (Wildman–Crippen LogP) is 4.46. The number of carbonyl (C=O) groups is 1. The van der Waals surface area contributed by atoms with Crippen molar-refractivity contribution < 1.29 is 13.2 Å². The van der Waals surface area contributed by atoms with Gasteiger partial charge in [-0.3, -0.25) is 9.52 Å². The molecule has 0 radical (unpaired) electrons. The van der Waals surface area contributed by atoms with Crippen molar-refractivity contribution in [3.8, 4) is 0 Å². The van der Waals surface area contributed by atoms with Gasteiger partial charge in [-0.05, 0) is 38.1 Å². The van der Waals surface area contributed by atoms with Crippen LogP contribution in [-0.4, -0.2) is 20.7 Å². The number of hydrogen-bond acceptors (Lipinski definition) is 4. The van der Waals surface area contributed by atoms with E-state index in [4.69, 9.17) is 0 Å². The first-order chi connectivity index (χ1) is 13.4. The molecule has 0 bridgehead atoms. The molecule has 144 valence electrons. The number of hydrogen-bond donors (Lipinski definition) is 2. The van der Waals surface area contributed by atoms with Crippen molar-refractivity contribution in [1.29, 1.82) is 0 Å². The first kappa shape index (κ1) is 19.6. The van der Waals surface area contributed by atoms with Gasteiger partial charge in [0.05, 0.1) is 16.3 Å². The molecule has 5 nitrogen and oxygen atoms in total. The van der Waals surface area contributed by atoms with Crippen LogP contribution in [0.3, 0.4) is 0 Å². The summed E-state index contributed by atoms with van der Waals surface area (Å²) in [5, 5.41) is 3.13. The van der Waals surface area contributed by atoms with Crippen LogP contribution in [0, 0.1) is 6.92 Å². The van der Waals surface area contributed by atoms with E-state index in [9.17, 15) is 13.2 Å². The fourth-order valence-corrected chi connectivity index (χ4v) is 3.93. The molecule has 6 heteroatoms. The molecule has 3 rings (SSSR count). The molecule has 3 aromatic rings. The van der Waals surface area contributed by atoms with Crippen molar-refractivity contribution in [3.63, 3.8) is 0 Å². The summed E-state index contributed by atoms with van der Waals surface area (Å²) in [6.07, 6.45) is 0. The Labute approximate surface area is 165 Å². The Hall–Kier alpha value is -3.12. The Balaban J connectivity index is 2.02. The van der Waals surface area contributed by atoms with Gasteiger partial charge in [-0.25, -0.2) is 8.42 Å². The number of sulfonamides is 1. The SMILES string of the molecule is CCNc1c(NS(=O)(=O)c2ccc(C)cc2)cccc1C(=O)c1ccccc1. The molecule has 28 heavy (non-hydrogen) atoms. The van der Waals surface area contributed by atoms with Crippen LogP contribution in [0.5, 0.6) is 0 Å². The van der Waals surface area contributed by atoms with E-state index in [2.05, 4.69) is 10.0 Å². The first-order valence-electron chi connectivity index (χ1n) is 8.98. The average molecular weight is 394 g/mol. The van der Waals surface area contributed by atoms with Gasteiger partial charge in [-0.15, -0.1) is 0 Å². The lowest BCUT2D eigenvalue weighted by Gasteiger charge is -2.17. The van der Waals surface area contributed by atoms with Gasteiger partial charge in [0.2, 0.25) is 0 Å². The standard InChI is InChI=1S/C22H22N2O3S/c1-3-23-21-19(22(25)17-8-5-4-6-9-17)10-7-11-20(21)24-28(26,27)18-14-12-16(2)13-15-18/h4-15,23-24H,3H2,1-2H3. The summed E-state index contributed by atoms with van der Waals surface area (Å²) in [6.45, 7) is 4.33. The molecule has 0 spiro atoms. The molecule has 0 aliphatic rings. The lowest BCUT2D eigenvalue weighted by atomic mass is 10.0. The van der Waals surface area contributed by atoms with E-state index >= 15 is 0 Å². The molecule has 0 atom stereocenters. The van der Waals surface area contributed by atoms with Crippen molar-refractivity contribution in [2.45, 2.75) is 18.7 Å². The molecule has 0 fully saturated rings. The molecule has 0 heterocycles. The van der Waals surface area contributed by atoms with Crippen LogP contribution in [0.25, 0.3) is 0 Å². The lowest BCUT2D eigenvalue weighted by molar-refractivity contribution is 0.103. The highest BCUT2D eigenvalue weighted by Crippen LogP contribution is 2.30. The largest absolute Gasteiger partial charge is 0.383 e. The number of benzene rings is 3. The normalized spacial score (nSPS) is 11.1. The minimum Gasteiger partial charge on any atom is -0.383 e. The highest BCUT2D eigenvalue weighted by atomic mass is 32.2. The van der Waals surface area contributed by atoms with Gasteiger partial charge in [0.1, 0.15) is 0 Å². The molecular weight excluding hydrogens is 372 g/mol. The number of carbonyl (C=O) groups excluding carboxylic acids is 1. The van der Waals surface area contributed by atoms with Crippen LogP contribution < -0.4 is 10.0 Å². The topological polar surface area (TPSA) is 75.3 Å². The second-order valence-electron chi connectivity index (χ2n) is 6.37. The average Bonchev–Trinajstić information content (AvgIpc) is 2.69. The summed E-state index contributed by atoms with van der Waals surface area (Å²) >= 11 is 0. The highest BCUT2D eigenvalue weighted by Gasteiger charge is 2.20. The zero-order valence-electron chi connectivity index (χ0n) is 15.8. The number of nitrogens with one attached hydrogen (secondary N) is 2. The second-order valence-corrected chi connectivity index (χ2v) is 8.05. The Morgan fingerprint density at radius 3 is 2.21 bits per heavy atom. The van der Waals surface area contributed by atoms with Gasteiger partial charge < -0.3 is 5.32 Å². The van der Waals surface area contributed by atoms with Crippen LogP contribution in [0.4, 0.5) is 11.4 Å². The van der Waals surface area contributed by atoms with E-state index < -0.39 is 10.0 Å². The van der Waals surface area contributed by atoms with Crippen LogP contribution >= 0.6 is 0 Å². The van der Waals surface area contributed by atoms with Crippen molar-refractivity contribution in [1.82, 2.24) is 0 Å². The maximum absolute atomic E-state index is 13.0. The van der Waals surface area contributed by atoms with Crippen LogP contribution in [0.1, 0.15) is 28.4 Å².